The largest absolute Gasteiger partial charge is 0.443 e. The van der Waals surface area contributed by atoms with E-state index in [2.05, 4.69) is 5.32 Å². The Balaban J connectivity index is 0.000000302. The van der Waals surface area contributed by atoms with Crippen LogP contribution in [0.1, 0.15) is 40.0 Å². The van der Waals surface area contributed by atoms with Gasteiger partial charge in [0.05, 0.1) is 5.70 Å². The van der Waals surface area contributed by atoms with Crippen molar-refractivity contribution in [3.8, 4) is 0 Å². The van der Waals surface area contributed by atoms with Crippen molar-refractivity contribution >= 4 is 12.0 Å². The number of carbonyl (C=O) groups is 1. The number of hydrazine groups is 1. The number of allylic oxidation sites excluding steroid dienone is 1. The molecule has 0 radical (unpaired) electrons. The van der Waals surface area contributed by atoms with Gasteiger partial charge in [0.15, 0.2) is 0 Å². The van der Waals surface area contributed by atoms with Crippen molar-refractivity contribution in [2.45, 2.75) is 45.6 Å². The Morgan fingerprint density at radius 3 is 2.35 bits per heavy atom. The van der Waals surface area contributed by atoms with Gasteiger partial charge in [0, 0.05) is 6.54 Å². The van der Waals surface area contributed by atoms with Crippen molar-refractivity contribution in [1.29, 1.82) is 0 Å². The predicted molar refractivity (Wildman–Crippen MR) is 64.6 cm³/mol. The molecule has 4 N–H and O–H groups in total. The van der Waals surface area contributed by atoms with E-state index < -0.39 is 11.7 Å². The van der Waals surface area contributed by atoms with Gasteiger partial charge in [0.2, 0.25) is 0 Å². The lowest BCUT2D eigenvalue weighted by atomic mass is 10.1. The van der Waals surface area contributed by atoms with Crippen LogP contribution in [0.5, 0.6) is 0 Å². The van der Waals surface area contributed by atoms with E-state index in [1.54, 1.807) is 20.8 Å². The van der Waals surface area contributed by atoms with Crippen molar-refractivity contribution in [2.75, 3.05) is 6.54 Å². The second kappa shape index (κ2) is 7.70. The first-order chi connectivity index (χ1) is 7.89. The van der Waals surface area contributed by atoms with Gasteiger partial charge in [-0.1, -0.05) is 0 Å². The van der Waals surface area contributed by atoms with Crippen LogP contribution in [0.4, 0.5) is 4.79 Å². The smallest absolute Gasteiger partial charge is 0.421 e. The Labute approximate surface area is 102 Å². The van der Waals surface area contributed by atoms with Crippen LogP contribution in [0.2, 0.25) is 0 Å². The zero-order chi connectivity index (χ0) is 13.3. The highest BCUT2D eigenvalue weighted by Gasteiger charge is 2.14. The van der Waals surface area contributed by atoms with Gasteiger partial charge >= 0.3 is 6.09 Å². The average molecular weight is 243 g/mol. The number of carbonyl (C=O) groups excluding carboxylic acids is 2. The lowest BCUT2D eigenvalue weighted by molar-refractivity contribution is 0.0527. The lowest BCUT2D eigenvalue weighted by Crippen LogP contribution is -2.36. The number of amides is 1. The SMILES string of the molecule is CC(C)(C)OC(=O)NN.O=C=C1CCCCN1. The molecule has 0 aromatic heterocycles. The molecule has 0 aliphatic carbocycles. The van der Waals surface area contributed by atoms with Crippen LogP contribution in [0, 0.1) is 0 Å². The summed E-state index contributed by atoms with van der Waals surface area (Å²) in [6.07, 6.45) is 2.61. The maximum Gasteiger partial charge on any atom is 0.421 e. The molecule has 1 fully saturated rings. The van der Waals surface area contributed by atoms with Crippen molar-refractivity contribution in [3.63, 3.8) is 0 Å². The standard InChI is InChI=1S/C6H9NO.C5H12N2O2/c8-5-6-3-1-2-4-7-6;1-5(2,3)9-4(8)7-6/h7H,1-4H2;6H2,1-3H3,(H,7,8). The van der Waals surface area contributed by atoms with Gasteiger partial charge in [-0.15, -0.1) is 0 Å². The Bertz CT molecular complexity index is 283. The number of hydrogen-bond acceptors (Lipinski definition) is 5. The van der Waals surface area contributed by atoms with Gasteiger partial charge in [0.25, 0.3) is 0 Å². The van der Waals surface area contributed by atoms with E-state index in [9.17, 15) is 9.59 Å². The Morgan fingerprint density at radius 1 is 1.47 bits per heavy atom. The Morgan fingerprint density at radius 2 is 2.12 bits per heavy atom. The van der Waals surface area contributed by atoms with Crippen LogP contribution in [-0.4, -0.2) is 24.2 Å². The summed E-state index contributed by atoms with van der Waals surface area (Å²) in [5, 5.41) is 2.96. The highest BCUT2D eigenvalue weighted by molar-refractivity contribution is 5.66. The summed E-state index contributed by atoms with van der Waals surface area (Å²) in [4.78, 5) is 20.3. The van der Waals surface area contributed by atoms with E-state index in [1.165, 1.54) is 6.42 Å². The van der Waals surface area contributed by atoms with Crippen molar-refractivity contribution in [1.82, 2.24) is 10.7 Å². The van der Waals surface area contributed by atoms with E-state index >= 15 is 0 Å². The van der Waals surface area contributed by atoms with Crippen LogP contribution in [0.3, 0.4) is 0 Å². The average Bonchev–Trinajstić information content (AvgIpc) is 2.28. The molecule has 0 aromatic carbocycles. The topological polar surface area (TPSA) is 93.4 Å². The summed E-state index contributed by atoms with van der Waals surface area (Å²) in [5.41, 5.74) is 2.14. The highest BCUT2D eigenvalue weighted by atomic mass is 16.6. The van der Waals surface area contributed by atoms with Gasteiger partial charge < -0.3 is 10.1 Å². The summed E-state index contributed by atoms with van der Waals surface area (Å²) >= 11 is 0. The minimum Gasteiger partial charge on any atom is -0.443 e. The predicted octanol–water partition coefficient (Wildman–Crippen LogP) is 0.860. The number of ether oxygens (including phenoxy) is 1. The number of nitrogens with one attached hydrogen (secondary N) is 2. The number of rotatable bonds is 0. The maximum absolute atomic E-state index is 10.4. The van der Waals surface area contributed by atoms with Crippen molar-refractivity contribution in [3.05, 3.63) is 5.70 Å². The fourth-order valence-electron chi connectivity index (χ4n) is 1.15. The first kappa shape index (κ1) is 15.5. The molecule has 17 heavy (non-hydrogen) atoms. The van der Waals surface area contributed by atoms with Gasteiger partial charge in [-0.25, -0.2) is 15.4 Å². The monoisotopic (exact) mass is 243 g/mol. The number of piperidine rings is 1. The summed E-state index contributed by atoms with van der Waals surface area (Å²) in [5.74, 6) is 6.61. The first-order valence-electron chi connectivity index (χ1n) is 5.56. The molecule has 1 saturated heterocycles. The van der Waals surface area contributed by atoms with E-state index in [0.717, 1.165) is 25.1 Å². The molecule has 0 atom stereocenters. The van der Waals surface area contributed by atoms with E-state index in [0.29, 0.717) is 0 Å². The number of nitrogens with two attached hydrogens (primary N) is 1. The van der Waals surface area contributed by atoms with E-state index in [1.807, 2.05) is 11.4 Å². The molecule has 0 unspecified atom stereocenters. The Hall–Kier alpha value is -1.52. The molecule has 1 aliphatic heterocycles. The molecule has 1 heterocycles. The molecule has 0 saturated carbocycles. The molecule has 0 bridgehead atoms. The maximum atomic E-state index is 10.4. The second-order valence-corrected chi connectivity index (χ2v) is 4.61. The van der Waals surface area contributed by atoms with Gasteiger partial charge in [-0.2, -0.15) is 0 Å². The third-order valence-electron chi connectivity index (χ3n) is 1.83. The normalized spacial score (nSPS) is 14.7. The van der Waals surface area contributed by atoms with E-state index in [-0.39, 0.29) is 0 Å². The third-order valence-corrected chi connectivity index (χ3v) is 1.83. The molecule has 6 nitrogen and oxygen atoms in total. The van der Waals surface area contributed by atoms with Crippen LogP contribution in [0.15, 0.2) is 5.70 Å². The zero-order valence-electron chi connectivity index (χ0n) is 10.6. The van der Waals surface area contributed by atoms with Crippen LogP contribution in [0.25, 0.3) is 0 Å². The van der Waals surface area contributed by atoms with Gasteiger partial charge in [0.1, 0.15) is 11.5 Å². The molecule has 1 amide bonds. The van der Waals surface area contributed by atoms with Crippen LogP contribution in [-0.2, 0) is 9.53 Å². The first-order valence-corrected chi connectivity index (χ1v) is 5.56. The zero-order valence-corrected chi connectivity index (χ0v) is 10.6. The van der Waals surface area contributed by atoms with Gasteiger partial charge in [-0.3, -0.25) is 5.43 Å². The summed E-state index contributed by atoms with van der Waals surface area (Å²) in [6, 6.07) is 0. The van der Waals surface area contributed by atoms with Crippen molar-refractivity contribution < 1.29 is 14.3 Å². The summed E-state index contributed by atoms with van der Waals surface area (Å²) in [6.45, 7) is 6.25. The molecule has 6 heteroatoms. The van der Waals surface area contributed by atoms with Crippen LogP contribution >= 0.6 is 0 Å². The fraction of sp³-hybridized carbons (Fsp3) is 0.727. The fourth-order valence-corrected chi connectivity index (χ4v) is 1.15. The molecular weight excluding hydrogens is 222 g/mol. The Kier molecular flexibility index (Phi) is 7.02. The highest BCUT2D eigenvalue weighted by Crippen LogP contribution is 2.06. The lowest BCUT2D eigenvalue weighted by Gasteiger charge is -2.18. The minimum atomic E-state index is -0.609. The summed E-state index contributed by atoms with van der Waals surface area (Å²) in [7, 11) is 0. The minimum absolute atomic E-state index is 0.469. The molecule has 1 aliphatic rings. The molecule has 0 spiro atoms. The quantitative estimate of drug-likeness (QED) is 0.254. The van der Waals surface area contributed by atoms with Crippen LogP contribution < -0.4 is 16.6 Å². The van der Waals surface area contributed by atoms with E-state index in [4.69, 9.17) is 10.6 Å². The second-order valence-electron chi connectivity index (χ2n) is 4.61. The molecule has 1 rings (SSSR count). The molecule has 98 valence electrons. The van der Waals surface area contributed by atoms with Gasteiger partial charge in [-0.05, 0) is 40.0 Å². The number of hydrogen-bond donors (Lipinski definition) is 3. The van der Waals surface area contributed by atoms with Crippen molar-refractivity contribution in [2.24, 2.45) is 5.84 Å². The summed E-state index contributed by atoms with van der Waals surface area (Å²) < 4.78 is 4.71. The molecule has 0 aromatic rings. The molecular formula is C11H21N3O3. The third kappa shape index (κ3) is 9.41.